The number of hydrogen-bond acceptors (Lipinski definition) is 10. The molecule has 5 N–H and O–H groups in total. The SMILES string of the molecule is COCCNCCCn1c(C(=O)CF)c(-c2ccc(C)cc2)c2c(N)ncnc21.Cc1ccc(S(=O)(=O)O)cc1.Cc1ccc(S(=O)(=O)O)cc1. The second-order valence-corrected chi connectivity index (χ2v) is 14.3. The zero-order valence-corrected chi connectivity index (χ0v) is 30.3. The van der Waals surface area contributed by atoms with Crippen molar-refractivity contribution in [1.29, 1.82) is 0 Å². The number of nitrogens with one attached hydrogen (secondary N) is 1. The number of Topliss-reactive ketones (excluding diaryl/α,β-unsaturated/α-hetero) is 1. The lowest BCUT2D eigenvalue weighted by atomic mass is 10.00. The fourth-order valence-corrected chi connectivity index (χ4v) is 5.81. The molecule has 16 heteroatoms. The zero-order chi connectivity index (χ0) is 37.8. The van der Waals surface area contributed by atoms with Crippen LogP contribution < -0.4 is 11.1 Å². The normalized spacial score (nSPS) is 11.4. The molecule has 2 aromatic heterocycles. The molecule has 0 aliphatic rings. The average Bonchev–Trinajstić information content (AvgIpc) is 3.41. The van der Waals surface area contributed by atoms with E-state index in [-0.39, 0.29) is 21.3 Å². The van der Waals surface area contributed by atoms with Gasteiger partial charge in [-0.25, -0.2) is 14.4 Å². The standard InChI is InChI=1S/C21H26FN5O2.2C7H8O3S/c1-14-4-6-15(7-5-14)17-18-20(23)25-13-26-21(18)27(19(17)16(28)12-22)10-3-8-24-9-11-29-2;2*1-6-2-4-7(5-3-6)11(8,9)10/h4-7,13,24H,3,8-12H2,1-2H3,(H2,23,25,26);2*2-5H,1H3,(H,8,9,10). The van der Waals surface area contributed by atoms with Gasteiger partial charge in [0.1, 0.15) is 17.8 Å². The number of carbonyl (C=O) groups excluding carboxylic acids is 1. The summed E-state index contributed by atoms with van der Waals surface area (Å²) in [6.45, 7) is 7.17. The van der Waals surface area contributed by atoms with E-state index in [1.807, 2.05) is 45.0 Å². The summed E-state index contributed by atoms with van der Waals surface area (Å²) in [7, 11) is -6.39. The molecule has 5 aromatic rings. The van der Waals surface area contributed by atoms with Crippen LogP contribution in [0.2, 0.25) is 0 Å². The van der Waals surface area contributed by atoms with E-state index in [4.69, 9.17) is 19.6 Å². The van der Waals surface area contributed by atoms with Crippen LogP contribution >= 0.6 is 0 Å². The highest BCUT2D eigenvalue weighted by Gasteiger charge is 2.26. The predicted octanol–water partition coefficient (Wildman–Crippen LogP) is 5.25. The predicted molar refractivity (Wildman–Crippen MR) is 194 cm³/mol. The van der Waals surface area contributed by atoms with Gasteiger partial charge in [-0.15, -0.1) is 0 Å². The first-order valence-corrected chi connectivity index (χ1v) is 18.5. The van der Waals surface area contributed by atoms with Crippen molar-refractivity contribution in [3.8, 4) is 11.1 Å². The lowest BCUT2D eigenvalue weighted by Gasteiger charge is -2.11. The molecule has 51 heavy (non-hydrogen) atoms. The van der Waals surface area contributed by atoms with E-state index in [1.54, 1.807) is 35.9 Å². The number of nitrogens with two attached hydrogens (primary N) is 1. The Kier molecular flexibility index (Phi) is 14.9. The molecule has 274 valence electrons. The van der Waals surface area contributed by atoms with Crippen molar-refractivity contribution < 1.29 is 39.9 Å². The van der Waals surface area contributed by atoms with Crippen molar-refractivity contribution >= 4 is 42.9 Å². The largest absolute Gasteiger partial charge is 0.383 e. The number of anilines is 1. The number of aromatic nitrogens is 3. The van der Waals surface area contributed by atoms with Crippen molar-refractivity contribution in [2.24, 2.45) is 0 Å². The fourth-order valence-electron chi connectivity index (χ4n) is 4.85. The highest BCUT2D eigenvalue weighted by Crippen LogP contribution is 2.37. The highest BCUT2D eigenvalue weighted by molar-refractivity contribution is 7.86. The van der Waals surface area contributed by atoms with Crippen LogP contribution in [0.3, 0.4) is 0 Å². The van der Waals surface area contributed by atoms with Gasteiger partial charge in [-0.05, 0) is 63.6 Å². The summed E-state index contributed by atoms with van der Waals surface area (Å²) in [4.78, 5) is 21.0. The molecular formula is C35H42FN5O8S2. The lowest BCUT2D eigenvalue weighted by Crippen LogP contribution is -2.22. The first kappa shape index (κ1) is 40.8. The van der Waals surface area contributed by atoms with Crippen molar-refractivity contribution in [1.82, 2.24) is 19.9 Å². The molecule has 0 unspecified atom stereocenters. The van der Waals surface area contributed by atoms with Gasteiger partial charge >= 0.3 is 0 Å². The molecule has 0 atom stereocenters. The number of fused-ring (bicyclic) bond motifs is 1. The molecule has 5 rings (SSSR count). The Balaban J connectivity index is 0.000000260. The number of aryl methyl sites for hydroxylation is 4. The summed E-state index contributed by atoms with van der Waals surface area (Å²) in [5, 5.41) is 3.85. The second-order valence-electron chi connectivity index (χ2n) is 11.4. The van der Waals surface area contributed by atoms with Crippen molar-refractivity contribution in [2.45, 2.75) is 43.5 Å². The maximum absolute atomic E-state index is 13.5. The average molecular weight is 744 g/mol. The summed E-state index contributed by atoms with van der Waals surface area (Å²) >= 11 is 0. The molecule has 13 nitrogen and oxygen atoms in total. The van der Waals surface area contributed by atoms with Gasteiger partial charge in [-0.3, -0.25) is 13.9 Å². The van der Waals surface area contributed by atoms with Crippen LogP contribution in [0.1, 0.15) is 33.6 Å². The van der Waals surface area contributed by atoms with Crippen LogP contribution in [0, 0.1) is 20.8 Å². The minimum Gasteiger partial charge on any atom is -0.383 e. The molecule has 3 aromatic carbocycles. The van der Waals surface area contributed by atoms with Gasteiger partial charge in [-0.2, -0.15) is 16.8 Å². The van der Waals surface area contributed by atoms with Crippen LogP contribution in [0.25, 0.3) is 22.2 Å². The maximum atomic E-state index is 13.5. The third-order valence-electron chi connectivity index (χ3n) is 7.45. The number of ketones is 1. The molecular weight excluding hydrogens is 702 g/mol. The third kappa shape index (κ3) is 11.7. The van der Waals surface area contributed by atoms with Gasteiger partial charge in [0, 0.05) is 25.8 Å². The van der Waals surface area contributed by atoms with E-state index >= 15 is 0 Å². The smallest absolute Gasteiger partial charge is 0.294 e. The Bertz CT molecular complexity index is 2050. The molecule has 0 bridgehead atoms. The first-order valence-electron chi connectivity index (χ1n) is 15.6. The molecule has 0 saturated carbocycles. The van der Waals surface area contributed by atoms with Gasteiger partial charge < -0.3 is 20.4 Å². The van der Waals surface area contributed by atoms with Crippen LogP contribution in [-0.4, -0.2) is 79.7 Å². The summed E-state index contributed by atoms with van der Waals surface area (Å²) in [6.07, 6.45) is 2.10. The molecule has 2 heterocycles. The molecule has 0 spiro atoms. The van der Waals surface area contributed by atoms with Crippen molar-refractivity contribution in [3.63, 3.8) is 0 Å². The highest BCUT2D eigenvalue weighted by atomic mass is 32.2. The number of carbonyl (C=O) groups is 1. The minimum atomic E-state index is -4.02. The van der Waals surface area contributed by atoms with E-state index in [0.29, 0.717) is 29.7 Å². The molecule has 0 aliphatic carbocycles. The van der Waals surface area contributed by atoms with Crippen LogP contribution in [0.4, 0.5) is 10.2 Å². The van der Waals surface area contributed by atoms with Gasteiger partial charge in [-0.1, -0.05) is 65.2 Å². The first-order chi connectivity index (χ1) is 24.1. The van der Waals surface area contributed by atoms with Gasteiger partial charge in [0.15, 0.2) is 6.67 Å². The lowest BCUT2D eigenvalue weighted by molar-refractivity contribution is 0.0950. The summed E-state index contributed by atoms with van der Waals surface area (Å²) in [5.41, 5.74) is 11.4. The number of rotatable bonds is 12. The summed E-state index contributed by atoms with van der Waals surface area (Å²) in [5.74, 6) is -0.319. The maximum Gasteiger partial charge on any atom is 0.294 e. The number of ether oxygens (including phenoxy) is 1. The van der Waals surface area contributed by atoms with E-state index in [0.717, 1.165) is 41.8 Å². The fraction of sp³-hybridized carbons (Fsp3) is 0.286. The Labute approximate surface area is 297 Å². The van der Waals surface area contributed by atoms with Crippen LogP contribution in [0.5, 0.6) is 0 Å². The number of halogens is 1. The Morgan fingerprint density at radius 1 is 0.824 bits per heavy atom. The topological polar surface area (TPSA) is 204 Å². The number of hydrogen-bond donors (Lipinski definition) is 4. The monoisotopic (exact) mass is 743 g/mol. The molecule has 0 saturated heterocycles. The van der Waals surface area contributed by atoms with E-state index in [1.165, 1.54) is 30.6 Å². The Morgan fingerprint density at radius 3 is 1.76 bits per heavy atom. The zero-order valence-electron chi connectivity index (χ0n) is 28.7. The van der Waals surface area contributed by atoms with E-state index in [2.05, 4.69) is 15.3 Å². The van der Waals surface area contributed by atoms with Gasteiger partial charge in [0.2, 0.25) is 5.78 Å². The molecule has 0 amide bonds. The van der Waals surface area contributed by atoms with Crippen molar-refractivity contribution in [3.05, 3.63) is 102 Å². The third-order valence-corrected chi connectivity index (χ3v) is 9.19. The number of benzene rings is 3. The Morgan fingerprint density at radius 2 is 1.31 bits per heavy atom. The van der Waals surface area contributed by atoms with E-state index in [9.17, 15) is 26.0 Å². The number of methoxy groups -OCH3 is 1. The summed E-state index contributed by atoms with van der Waals surface area (Å²) in [6, 6.07) is 19.7. The van der Waals surface area contributed by atoms with E-state index < -0.39 is 32.7 Å². The molecule has 0 radical (unpaired) electrons. The quantitative estimate of drug-likeness (QED) is 0.0735. The van der Waals surface area contributed by atoms with Crippen LogP contribution in [-0.2, 0) is 31.5 Å². The van der Waals surface area contributed by atoms with Gasteiger partial charge in [0.05, 0.1) is 27.5 Å². The van der Waals surface area contributed by atoms with Crippen LogP contribution in [0.15, 0.2) is 88.9 Å². The minimum absolute atomic E-state index is 0.0666. The number of alkyl halides is 1. The molecule has 0 fully saturated rings. The molecule has 0 aliphatic heterocycles. The Hall–Kier alpha value is -4.58. The number of nitrogen functional groups attached to an aromatic ring is 1. The second kappa shape index (κ2) is 18.6. The van der Waals surface area contributed by atoms with Crippen molar-refractivity contribution in [2.75, 3.05) is 39.2 Å². The van der Waals surface area contributed by atoms with Gasteiger partial charge in [0.25, 0.3) is 20.2 Å². The summed E-state index contributed by atoms with van der Waals surface area (Å²) < 4.78 is 79.4. The number of nitrogens with zero attached hydrogens (tertiary/aromatic N) is 3.